The Balaban J connectivity index is 1.90. The normalized spacial score (nSPS) is 13.8. The summed E-state index contributed by atoms with van der Waals surface area (Å²) in [5.74, 6) is 0.734. The predicted octanol–water partition coefficient (Wildman–Crippen LogP) is 3.00. The standard InChI is InChI=1S/C17H23N3O2/c1-12(5-8-21)9-13(2)10-17(22)20-14-3-4-15-16(11-14)19-7-6-18-15/h3-4,6-7,11-13,21H,5,8-10H2,1-2H3,(H,20,22). The van der Waals surface area contributed by atoms with Gasteiger partial charge in [-0.1, -0.05) is 13.8 Å². The molecule has 0 aliphatic heterocycles. The number of rotatable bonds is 7. The molecule has 2 rings (SSSR count). The van der Waals surface area contributed by atoms with E-state index in [1.165, 1.54) is 0 Å². The fourth-order valence-electron chi connectivity index (χ4n) is 2.68. The molecular formula is C17H23N3O2. The van der Waals surface area contributed by atoms with Crippen molar-refractivity contribution in [3.05, 3.63) is 30.6 Å². The van der Waals surface area contributed by atoms with Gasteiger partial charge in [0.2, 0.25) is 5.91 Å². The molecule has 0 aliphatic rings. The van der Waals surface area contributed by atoms with Crippen molar-refractivity contribution in [2.75, 3.05) is 11.9 Å². The maximum atomic E-state index is 12.1. The summed E-state index contributed by atoms with van der Waals surface area (Å²) in [5.41, 5.74) is 2.32. The van der Waals surface area contributed by atoms with E-state index in [1.807, 2.05) is 18.2 Å². The van der Waals surface area contributed by atoms with Crippen molar-refractivity contribution in [1.29, 1.82) is 0 Å². The van der Waals surface area contributed by atoms with Crippen LogP contribution in [0, 0.1) is 11.8 Å². The van der Waals surface area contributed by atoms with Crippen LogP contribution in [0.2, 0.25) is 0 Å². The van der Waals surface area contributed by atoms with Crippen molar-refractivity contribution in [3.63, 3.8) is 0 Å². The van der Waals surface area contributed by atoms with E-state index in [0.29, 0.717) is 18.3 Å². The van der Waals surface area contributed by atoms with Crippen LogP contribution >= 0.6 is 0 Å². The summed E-state index contributed by atoms with van der Waals surface area (Å²) in [6.45, 7) is 4.38. The summed E-state index contributed by atoms with van der Waals surface area (Å²) in [5, 5.41) is 11.8. The molecule has 1 amide bonds. The summed E-state index contributed by atoms with van der Waals surface area (Å²) < 4.78 is 0. The first-order valence-electron chi connectivity index (χ1n) is 7.70. The second-order valence-electron chi connectivity index (χ2n) is 5.97. The summed E-state index contributed by atoms with van der Waals surface area (Å²) in [4.78, 5) is 20.5. The molecule has 5 heteroatoms. The Labute approximate surface area is 130 Å². The minimum atomic E-state index is 0.00642. The van der Waals surface area contributed by atoms with Gasteiger partial charge >= 0.3 is 0 Å². The Hall–Kier alpha value is -2.01. The number of aliphatic hydroxyl groups is 1. The van der Waals surface area contributed by atoms with Gasteiger partial charge in [-0.15, -0.1) is 0 Å². The number of hydrogen-bond acceptors (Lipinski definition) is 4. The lowest BCUT2D eigenvalue weighted by Gasteiger charge is -2.16. The van der Waals surface area contributed by atoms with Gasteiger partial charge in [0, 0.05) is 31.1 Å². The Morgan fingerprint density at radius 1 is 1.18 bits per heavy atom. The zero-order chi connectivity index (χ0) is 15.9. The number of amides is 1. The monoisotopic (exact) mass is 301 g/mol. The summed E-state index contributed by atoms with van der Waals surface area (Å²) in [6, 6.07) is 5.53. The van der Waals surface area contributed by atoms with E-state index in [9.17, 15) is 4.79 Å². The van der Waals surface area contributed by atoms with Crippen LogP contribution in [0.5, 0.6) is 0 Å². The second kappa shape index (κ2) is 7.84. The zero-order valence-electron chi connectivity index (χ0n) is 13.1. The quantitative estimate of drug-likeness (QED) is 0.824. The van der Waals surface area contributed by atoms with Gasteiger partial charge in [0.25, 0.3) is 0 Å². The summed E-state index contributed by atoms with van der Waals surface area (Å²) in [7, 11) is 0. The maximum absolute atomic E-state index is 12.1. The van der Waals surface area contributed by atoms with E-state index >= 15 is 0 Å². The minimum absolute atomic E-state index is 0.00642. The van der Waals surface area contributed by atoms with Crippen LogP contribution in [-0.2, 0) is 4.79 Å². The molecule has 2 aromatic rings. The molecule has 0 fully saturated rings. The molecule has 118 valence electrons. The lowest BCUT2D eigenvalue weighted by molar-refractivity contribution is -0.117. The average molecular weight is 301 g/mol. The first-order valence-corrected chi connectivity index (χ1v) is 7.70. The molecule has 22 heavy (non-hydrogen) atoms. The molecular weight excluding hydrogens is 278 g/mol. The van der Waals surface area contributed by atoms with E-state index in [1.54, 1.807) is 12.4 Å². The third-order valence-corrected chi connectivity index (χ3v) is 3.71. The highest BCUT2D eigenvalue weighted by Crippen LogP contribution is 2.19. The van der Waals surface area contributed by atoms with E-state index in [0.717, 1.165) is 29.6 Å². The molecule has 1 heterocycles. The highest BCUT2D eigenvalue weighted by atomic mass is 16.3. The summed E-state index contributed by atoms with van der Waals surface area (Å²) in [6.07, 6.45) is 5.50. The fourth-order valence-corrected chi connectivity index (χ4v) is 2.68. The van der Waals surface area contributed by atoms with Gasteiger partial charge in [-0.2, -0.15) is 0 Å². The van der Waals surface area contributed by atoms with Crippen molar-refractivity contribution in [3.8, 4) is 0 Å². The van der Waals surface area contributed by atoms with Crippen molar-refractivity contribution in [1.82, 2.24) is 9.97 Å². The van der Waals surface area contributed by atoms with Gasteiger partial charge in [-0.25, -0.2) is 0 Å². The number of anilines is 1. The maximum Gasteiger partial charge on any atom is 0.224 e. The van der Waals surface area contributed by atoms with Gasteiger partial charge in [-0.3, -0.25) is 14.8 Å². The van der Waals surface area contributed by atoms with Gasteiger partial charge < -0.3 is 10.4 Å². The van der Waals surface area contributed by atoms with E-state index in [4.69, 9.17) is 5.11 Å². The number of aromatic nitrogens is 2. The van der Waals surface area contributed by atoms with Crippen LogP contribution in [0.25, 0.3) is 11.0 Å². The number of carbonyl (C=O) groups is 1. The zero-order valence-corrected chi connectivity index (χ0v) is 13.1. The first kappa shape index (κ1) is 16.4. The molecule has 0 aliphatic carbocycles. The lowest BCUT2D eigenvalue weighted by atomic mass is 9.92. The van der Waals surface area contributed by atoms with Gasteiger partial charge in [0.05, 0.1) is 11.0 Å². The SMILES string of the molecule is CC(CCO)CC(C)CC(=O)Nc1ccc2nccnc2c1. The Morgan fingerprint density at radius 2 is 1.91 bits per heavy atom. The molecule has 0 bridgehead atoms. The average Bonchev–Trinajstić information content (AvgIpc) is 2.46. The number of nitrogens with one attached hydrogen (secondary N) is 1. The molecule has 2 N–H and O–H groups in total. The lowest BCUT2D eigenvalue weighted by Crippen LogP contribution is -2.16. The Kier molecular flexibility index (Phi) is 5.83. The molecule has 1 aromatic carbocycles. The van der Waals surface area contributed by atoms with Crippen molar-refractivity contribution in [2.45, 2.75) is 33.1 Å². The van der Waals surface area contributed by atoms with Crippen molar-refractivity contribution in [2.24, 2.45) is 11.8 Å². The minimum Gasteiger partial charge on any atom is -0.396 e. The van der Waals surface area contributed by atoms with Crippen LogP contribution in [-0.4, -0.2) is 27.6 Å². The van der Waals surface area contributed by atoms with Crippen LogP contribution in [0.15, 0.2) is 30.6 Å². The number of fused-ring (bicyclic) bond motifs is 1. The largest absolute Gasteiger partial charge is 0.396 e. The van der Waals surface area contributed by atoms with Gasteiger partial charge in [0.15, 0.2) is 0 Å². The highest BCUT2D eigenvalue weighted by Gasteiger charge is 2.13. The molecule has 2 unspecified atom stereocenters. The summed E-state index contributed by atoms with van der Waals surface area (Å²) >= 11 is 0. The third kappa shape index (κ3) is 4.77. The Bertz CT molecular complexity index is 630. The molecule has 2 atom stereocenters. The number of hydrogen-bond donors (Lipinski definition) is 2. The van der Waals surface area contributed by atoms with Gasteiger partial charge in [0.1, 0.15) is 0 Å². The van der Waals surface area contributed by atoms with E-state index in [2.05, 4.69) is 29.1 Å². The smallest absolute Gasteiger partial charge is 0.224 e. The first-order chi connectivity index (χ1) is 10.6. The van der Waals surface area contributed by atoms with Gasteiger partial charge in [-0.05, 0) is 42.9 Å². The number of carbonyl (C=O) groups excluding carboxylic acids is 1. The molecule has 5 nitrogen and oxygen atoms in total. The highest BCUT2D eigenvalue weighted by molar-refractivity contribution is 5.92. The number of aliphatic hydroxyl groups excluding tert-OH is 1. The van der Waals surface area contributed by atoms with Crippen LogP contribution < -0.4 is 5.32 Å². The second-order valence-corrected chi connectivity index (χ2v) is 5.97. The predicted molar refractivity (Wildman–Crippen MR) is 87.4 cm³/mol. The van der Waals surface area contributed by atoms with Crippen LogP contribution in [0.3, 0.4) is 0 Å². The molecule has 0 radical (unpaired) electrons. The molecule has 0 saturated carbocycles. The number of benzene rings is 1. The Morgan fingerprint density at radius 3 is 2.64 bits per heavy atom. The van der Waals surface area contributed by atoms with Crippen molar-refractivity contribution < 1.29 is 9.90 Å². The third-order valence-electron chi connectivity index (χ3n) is 3.71. The fraction of sp³-hybridized carbons (Fsp3) is 0.471. The van der Waals surface area contributed by atoms with Crippen LogP contribution in [0.1, 0.15) is 33.1 Å². The molecule has 0 spiro atoms. The number of nitrogens with zero attached hydrogens (tertiary/aromatic N) is 2. The van der Waals surface area contributed by atoms with Crippen molar-refractivity contribution >= 4 is 22.6 Å². The van der Waals surface area contributed by atoms with Crippen LogP contribution in [0.4, 0.5) is 5.69 Å². The molecule has 1 aromatic heterocycles. The van der Waals surface area contributed by atoms with E-state index in [-0.39, 0.29) is 12.5 Å². The molecule has 0 saturated heterocycles. The topological polar surface area (TPSA) is 75.1 Å². The van der Waals surface area contributed by atoms with E-state index < -0.39 is 0 Å².